The van der Waals surface area contributed by atoms with Gasteiger partial charge in [-0.05, 0) is 36.4 Å². The van der Waals surface area contributed by atoms with Crippen LogP contribution in [0, 0.1) is 0 Å². The van der Waals surface area contributed by atoms with E-state index in [1.807, 2.05) is 0 Å². The molecule has 6 rings (SSSR count). The maximum Gasteiger partial charge on any atom is 0.416 e. The number of morpholine rings is 1. The van der Waals surface area contributed by atoms with Gasteiger partial charge in [-0.1, -0.05) is 17.7 Å². The highest BCUT2D eigenvalue weighted by Gasteiger charge is 2.46. The fourth-order valence-electron chi connectivity index (χ4n) is 5.05. The van der Waals surface area contributed by atoms with Gasteiger partial charge >= 0.3 is 12.2 Å². The number of nitrogens with zero attached hydrogens (tertiary/aromatic N) is 3. The number of nitrogens with one attached hydrogen (secondary N) is 1. The maximum absolute atomic E-state index is 13.8. The van der Waals surface area contributed by atoms with E-state index in [1.165, 1.54) is 18.0 Å². The van der Waals surface area contributed by atoms with Crippen molar-refractivity contribution in [1.29, 1.82) is 0 Å². The van der Waals surface area contributed by atoms with Gasteiger partial charge in [-0.3, -0.25) is 9.78 Å². The van der Waals surface area contributed by atoms with Crippen LogP contribution in [0.1, 0.15) is 5.56 Å². The Balaban J connectivity index is 1.31. The largest absolute Gasteiger partial charge is 0.497 e. The molecule has 3 aliphatic heterocycles. The van der Waals surface area contributed by atoms with Gasteiger partial charge in [0.1, 0.15) is 11.0 Å². The average Bonchev–Trinajstić information content (AvgIpc) is 3.37. The summed E-state index contributed by atoms with van der Waals surface area (Å²) in [5.41, 5.74) is 1.45. The van der Waals surface area contributed by atoms with Crippen LogP contribution in [-0.2, 0) is 9.53 Å². The molecular formula is C27H22ClF3N4O4S. The topological polar surface area (TPSA) is 84.0 Å². The van der Waals surface area contributed by atoms with E-state index in [2.05, 4.69) is 10.3 Å². The number of hydrogen-bond acceptors (Lipinski definition) is 7. The molecule has 2 saturated heterocycles. The molecular weight excluding hydrogens is 569 g/mol. The Morgan fingerprint density at radius 3 is 2.77 bits per heavy atom. The van der Waals surface area contributed by atoms with Gasteiger partial charge in [-0.15, -0.1) is 11.8 Å². The first kappa shape index (κ1) is 26.7. The predicted octanol–water partition coefficient (Wildman–Crippen LogP) is 5.25. The van der Waals surface area contributed by atoms with Crippen LogP contribution in [-0.4, -0.2) is 67.3 Å². The van der Waals surface area contributed by atoms with E-state index < -0.39 is 35.5 Å². The number of rotatable bonds is 4. The summed E-state index contributed by atoms with van der Waals surface area (Å²) in [4.78, 5) is 34.6. The van der Waals surface area contributed by atoms with E-state index in [4.69, 9.17) is 21.1 Å². The van der Waals surface area contributed by atoms with Crippen LogP contribution in [0.15, 0.2) is 54.9 Å². The highest BCUT2D eigenvalue weighted by Crippen LogP contribution is 2.45. The van der Waals surface area contributed by atoms with Crippen LogP contribution in [0.2, 0.25) is 5.02 Å². The number of alkyl halides is 3. The van der Waals surface area contributed by atoms with Gasteiger partial charge < -0.3 is 19.7 Å². The number of carbonyl (C=O) groups excluding carboxylic acids is 2. The number of ether oxygens (including phenoxy) is 2. The third kappa shape index (κ3) is 4.73. The van der Waals surface area contributed by atoms with Crippen LogP contribution in [0.4, 0.5) is 29.3 Å². The van der Waals surface area contributed by atoms with E-state index in [0.29, 0.717) is 32.8 Å². The molecule has 0 saturated carbocycles. The van der Waals surface area contributed by atoms with Crippen molar-refractivity contribution in [2.75, 3.05) is 36.6 Å². The fraction of sp³-hybridized carbons (Fsp3) is 0.296. The smallest absolute Gasteiger partial charge is 0.416 e. The molecule has 40 heavy (non-hydrogen) atoms. The quantitative estimate of drug-likeness (QED) is 0.445. The van der Waals surface area contributed by atoms with Crippen molar-refractivity contribution in [1.82, 2.24) is 10.3 Å². The van der Waals surface area contributed by atoms with E-state index in [1.54, 1.807) is 60.7 Å². The van der Waals surface area contributed by atoms with E-state index >= 15 is 0 Å². The Kier molecular flexibility index (Phi) is 6.79. The van der Waals surface area contributed by atoms with Gasteiger partial charge in [0.05, 0.1) is 38.2 Å². The molecule has 8 nitrogen and oxygen atoms in total. The number of carbonyl (C=O) groups is 2. The summed E-state index contributed by atoms with van der Waals surface area (Å²) >= 11 is 7.71. The van der Waals surface area contributed by atoms with Gasteiger partial charge in [0.15, 0.2) is 6.10 Å². The van der Waals surface area contributed by atoms with Crippen molar-refractivity contribution in [3.05, 3.63) is 65.5 Å². The van der Waals surface area contributed by atoms with Crippen LogP contribution in [0.25, 0.3) is 15.7 Å². The zero-order chi connectivity index (χ0) is 28.2. The molecule has 2 unspecified atom stereocenters. The first-order valence-corrected chi connectivity index (χ1v) is 13.6. The van der Waals surface area contributed by atoms with E-state index in [-0.39, 0.29) is 25.4 Å². The molecule has 2 aromatic carbocycles. The summed E-state index contributed by atoms with van der Waals surface area (Å²) in [6.45, 7) is -0.172. The molecule has 3 aromatic rings. The third-order valence-corrected chi connectivity index (χ3v) is 8.76. The Morgan fingerprint density at radius 2 is 2.00 bits per heavy atom. The minimum atomic E-state index is -4.49. The lowest BCUT2D eigenvalue weighted by Gasteiger charge is -2.36. The average molecular weight is 591 g/mol. The third-order valence-electron chi connectivity index (χ3n) is 7.07. The van der Waals surface area contributed by atoms with Crippen LogP contribution in [0.5, 0.6) is 5.75 Å². The highest BCUT2D eigenvalue weighted by atomic mass is 35.5. The normalized spacial score (nSPS) is 23.2. The molecule has 0 aliphatic carbocycles. The van der Waals surface area contributed by atoms with Gasteiger partial charge in [0.25, 0.3) is 5.91 Å². The minimum absolute atomic E-state index is 0.0780. The fourth-order valence-corrected chi connectivity index (χ4v) is 6.62. The zero-order valence-corrected chi connectivity index (χ0v) is 22.5. The van der Waals surface area contributed by atoms with Crippen molar-refractivity contribution >= 4 is 62.4 Å². The first-order chi connectivity index (χ1) is 19.1. The molecule has 0 bridgehead atoms. The number of urea groups is 1. The number of methoxy groups -OCH3 is 1. The summed E-state index contributed by atoms with van der Waals surface area (Å²) in [6, 6.07) is 9.12. The predicted molar refractivity (Wildman–Crippen MR) is 147 cm³/mol. The van der Waals surface area contributed by atoms with Gasteiger partial charge in [-0.2, -0.15) is 13.2 Å². The number of aromatic nitrogens is 1. The number of halogens is 4. The number of amides is 3. The Labute approximate surface area is 236 Å². The second-order valence-corrected chi connectivity index (χ2v) is 11.1. The lowest BCUT2D eigenvalue weighted by atomic mass is 10.1. The second-order valence-electron chi connectivity index (χ2n) is 9.48. The minimum Gasteiger partial charge on any atom is -0.497 e. The number of fused-ring (bicyclic) bond motifs is 2. The number of imide groups is 1. The maximum atomic E-state index is 13.8. The number of pyridine rings is 1. The molecule has 0 spiro atoms. The molecule has 1 aromatic heterocycles. The summed E-state index contributed by atoms with van der Waals surface area (Å²) < 4.78 is 50.2. The first-order valence-electron chi connectivity index (χ1n) is 12.3. The van der Waals surface area contributed by atoms with Crippen LogP contribution in [0.3, 0.4) is 0 Å². The lowest BCUT2D eigenvalue weighted by Crippen LogP contribution is -2.60. The number of benzene rings is 2. The molecule has 4 heterocycles. The Hall–Kier alpha value is -3.48. The molecule has 3 atom stereocenters. The second kappa shape index (κ2) is 10.2. The van der Waals surface area contributed by atoms with Gasteiger partial charge in [-0.25, -0.2) is 9.69 Å². The Morgan fingerprint density at radius 1 is 1.18 bits per heavy atom. The molecule has 0 radical (unpaired) electrons. The molecule has 3 amide bonds. The van der Waals surface area contributed by atoms with Crippen molar-refractivity contribution in [2.45, 2.75) is 23.6 Å². The van der Waals surface area contributed by atoms with Crippen LogP contribution < -0.4 is 19.9 Å². The van der Waals surface area contributed by atoms with E-state index in [0.717, 1.165) is 9.81 Å². The van der Waals surface area contributed by atoms with Crippen molar-refractivity contribution in [3.63, 3.8) is 0 Å². The summed E-state index contributed by atoms with van der Waals surface area (Å²) in [7, 11) is 1.54. The molecule has 3 aliphatic rings. The van der Waals surface area contributed by atoms with Crippen LogP contribution >= 0.6 is 23.4 Å². The number of anilines is 2. The number of thioether (sulfide) groups is 1. The number of hydrogen-bond donors (Lipinski definition) is 1. The van der Waals surface area contributed by atoms with Crippen molar-refractivity contribution in [3.8, 4) is 5.75 Å². The summed E-state index contributed by atoms with van der Waals surface area (Å²) in [5.74, 6) is 0.166. The van der Waals surface area contributed by atoms with Gasteiger partial charge in [0.2, 0.25) is 0 Å². The van der Waals surface area contributed by atoms with Crippen molar-refractivity contribution in [2.24, 2.45) is 0 Å². The van der Waals surface area contributed by atoms with Gasteiger partial charge in [0, 0.05) is 44.7 Å². The Bertz CT molecular complexity index is 1550. The lowest BCUT2D eigenvalue weighted by molar-refractivity contribution is -0.221. The molecule has 1 N–H and O–H groups in total. The summed E-state index contributed by atoms with van der Waals surface area (Å²) in [6.07, 6.45) is -1.60. The summed E-state index contributed by atoms with van der Waals surface area (Å²) in [5, 5.41) is 3.86. The molecule has 208 valence electrons. The monoisotopic (exact) mass is 590 g/mol. The zero-order valence-electron chi connectivity index (χ0n) is 20.9. The van der Waals surface area contributed by atoms with Crippen molar-refractivity contribution < 1.29 is 32.2 Å². The molecule has 2 fully saturated rings. The standard InChI is InChI=1S/C27H22ClF3N4O4S/c1-38-16-4-5-19(28)18(9-16)22-10-20-24(40-22)25(36)35(26(37)33-20)21-12-32-11-14-2-3-15(8-17(14)21)34-6-7-39-23(13-34)27(29,30)31/h2-5,8-12,20,23-24H,6-7,13H2,1H3,(H,33,37)/t20?,23-,24?/m0/s1. The van der Waals surface area contributed by atoms with E-state index in [9.17, 15) is 22.8 Å². The highest BCUT2D eigenvalue weighted by molar-refractivity contribution is 8.09. The molecule has 13 heteroatoms. The SMILES string of the molecule is COc1ccc(Cl)c(C2=CC3NC(=O)N(c4cncc5ccc(N6CCO[C@H](C(F)(F)F)C6)cc45)C(=O)C3S2)c1.